The van der Waals surface area contributed by atoms with E-state index in [1.165, 1.54) is 4.90 Å². The van der Waals surface area contributed by atoms with Crippen molar-refractivity contribution in [2.75, 3.05) is 26.2 Å². The van der Waals surface area contributed by atoms with Gasteiger partial charge in [0.1, 0.15) is 12.1 Å². The fourth-order valence-corrected chi connectivity index (χ4v) is 2.20. The number of likely N-dealkylation sites (tertiary alicyclic amines) is 1. The van der Waals surface area contributed by atoms with Crippen molar-refractivity contribution >= 4 is 11.9 Å². The van der Waals surface area contributed by atoms with Crippen LogP contribution >= 0.6 is 0 Å². The zero-order valence-electron chi connectivity index (χ0n) is 9.02. The zero-order chi connectivity index (χ0) is 11.5. The number of carboxylic acids is 1. The standard InChI is InChI=1S/C10H16N2O4/c13-9(8-6-11-3-5-16-8)12-4-1-2-7(12)10(14)15/h7-8,11H,1-6H2,(H,14,15)/t7-,8?/m0/s1. The van der Waals surface area contributed by atoms with E-state index in [1.807, 2.05) is 0 Å². The molecule has 2 aliphatic rings. The predicted octanol–water partition coefficient (Wildman–Crippen LogP) is -0.950. The van der Waals surface area contributed by atoms with Gasteiger partial charge in [-0.3, -0.25) is 4.79 Å². The van der Waals surface area contributed by atoms with Gasteiger partial charge in [-0.05, 0) is 12.8 Å². The van der Waals surface area contributed by atoms with Crippen molar-refractivity contribution in [3.63, 3.8) is 0 Å². The Morgan fingerprint density at radius 2 is 2.25 bits per heavy atom. The number of carbonyl (C=O) groups is 2. The van der Waals surface area contributed by atoms with Gasteiger partial charge in [-0.2, -0.15) is 0 Å². The quantitative estimate of drug-likeness (QED) is 0.637. The summed E-state index contributed by atoms with van der Waals surface area (Å²) in [5, 5.41) is 12.0. The molecular formula is C10H16N2O4. The zero-order valence-corrected chi connectivity index (χ0v) is 9.02. The Balaban J connectivity index is 1.99. The molecule has 2 fully saturated rings. The van der Waals surface area contributed by atoms with E-state index in [1.54, 1.807) is 0 Å². The van der Waals surface area contributed by atoms with Gasteiger partial charge in [0.05, 0.1) is 6.61 Å². The van der Waals surface area contributed by atoms with Gasteiger partial charge in [0.25, 0.3) is 5.91 Å². The van der Waals surface area contributed by atoms with Gasteiger partial charge in [-0.25, -0.2) is 4.79 Å². The van der Waals surface area contributed by atoms with Crippen LogP contribution in [0.15, 0.2) is 0 Å². The monoisotopic (exact) mass is 228 g/mol. The summed E-state index contributed by atoms with van der Waals surface area (Å²) in [6, 6.07) is -0.668. The van der Waals surface area contributed by atoms with Crippen molar-refractivity contribution in [1.82, 2.24) is 10.2 Å². The lowest BCUT2D eigenvalue weighted by Gasteiger charge is -2.29. The van der Waals surface area contributed by atoms with Gasteiger partial charge in [0.2, 0.25) is 0 Å². The molecule has 90 valence electrons. The molecule has 2 atom stereocenters. The fourth-order valence-electron chi connectivity index (χ4n) is 2.20. The van der Waals surface area contributed by atoms with Crippen LogP contribution in [0.25, 0.3) is 0 Å². The van der Waals surface area contributed by atoms with Crippen LogP contribution in [0.3, 0.4) is 0 Å². The molecule has 0 aromatic heterocycles. The van der Waals surface area contributed by atoms with Gasteiger partial charge >= 0.3 is 5.97 Å². The first kappa shape index (κ1) is 11.3. The molecule has 2 heterocycles. The van der Waals surface area contributed by atoms with Crippen molar-refractivity contribution in [2.24, 2.45) is 0 Å². The summed E-state index contributed by atoms with van der Waals surface area (Å²) in [4.78, 5) is 24.4. The van der Waals surface area contributed by atoms with E-state index in [2.05, 4.69) is 5.32 Å². The molecule has 0 spiro atoms. The molecule has 16 heavy (non-hydrogen) atoms. The van der Waals surface area contributed by atoms with Gasteiger partial charge in [-0.1, -0.05) is 0 Å². The maximum Gasteiger partial charge on any atom is 0.326 e. The second-order valence-corrected chi connectivity index (χ2v) is 4.09. The van der Waals surface area contributed by atoms with Crippen LogP contribution in [0.1, 0.15) is 12.8 Å². The molecule has 2 N–H and O–H groups in total. The van der Waals surface area contributed by atoms with Crippen LogP contribution < -0.4 is 5.32 Å². The lowest BCUT2D eigenvalue weighted by atomic mass is 10.2. The summed E-state index contributed by atoms with van der Waals surface area (Å²) in [7, 11) is 0. The first-order valence-electron chi connectivity index (χ1n) is 5.56. The van der Waals surface area contributed by atoms with Crippen molar-refractivity contribution in [2.45, 2.75) is 25.0 Å². The number of hydrogen-bond acceptors (Lipinski definition) is 4. The van der Waals surface area contributed by atoms with Crippen molar-refractivity contribution in [3.05, 3.63) is 0 Å². The Labute approximate surface area is 93.6 Å². The Morgan fingerprint density at radius 3 is 2.88 bits per heavy atom. The third-order valence-corrected chi connectivity index (χ3v) is 3.02. The summed E-state index contributed by atoms with van der Waals surface area (Å²) in [5.74, 6) is -1.12. The van der Waals surface area contributed by atoms with Gasteiger partial charge in [-0.15, -0.1) is 0 Å². The summed E-state index contributed by atoms with van der Waals surface area (Å²) < 4.78 is 5.33. The van der Waals surface area contributed by atoms with Crippen LogP contribution in [0.4, 0.5) is 0 Å². The average Bonchev–Trinajstić information content (AvgIpc) is 2.78. The second kappa shape index (κ2) is 4.80. The molecule has 6 heteroatoms. The molecule has 0 aromatic carbocycles. The number of nitrogens with zero attached hydrogens (tertiary/aromatic N) is 1. The second-order valence-electron chi connectivity index (χ2n) is 4.09. The molecule has 1 amide bonds. The van der Waals surface area contributed by atoms with E-state index in [0.29, 0.717) is 26.1 Å². The minimum atomic E-state index is -0.922. The van der Waals surface area contributed by atoms with Gasteiger partial charge < -0.3 is 20.1 Å². The Bertz CT molecular complexity index is 289. The molecular weight excluding hydrogens is 212 g/mol. The molecule has 2 saturated heterocycles. The van der Waals surface area contributed by atoms with Crippen molar-refractivity contribution in [3.8, 4) is 0 Å². The number of rotatable bonds is 2. The van der Waals surface area contributed by atoms with Crippen LogP contribution in [-0.2, 0) is 14.3 Å². The molecule has 0 saturated carbocycles. The fraction of sp³-hybridized carbons (Fsp3) is 0.800. The lowest BCUT2D eigenvalue weighted by Crippen LogP contribution is -2.52. The summed E-state index contributed by atoms with van der Waals surface area (Å²) in [6.45, 7) is 2.24. The molecule has 6 nitrogen and oxygen atoms in total. The first-order chi connectivity index (χ1) is 7.70. The smallest absolute Gasteiger partial charge is 0.326 e. The molecule has 1 unspecified atom stereocenters. The minimum Gasteiger partial charge on any atom is -0.480 e. The highest BCUT2D eigenvalue weighted by Gasteiger charge is 2.37. The number of carboxylic acid groups (broad SMARTS) is 1. The molecule has 0 radical (unpaired) electrons. The largest absolute Gasteiger partial charge is 0.480 e. The summed E-state index contributed by atoms with van der Waals surface area (Å²) in [6.07, 6.45) is 0.776. The van der Waals surface area contributed by atoms with E-state index in [9.17, 15) is 9.59 Å². The first-order valence-corrected chi connectivity index (χ1v) is 5.56. The van der Waals surface area contributed by atoms with Crippen molar-refractivity contribution in [1.29, 1.82) is 0 Å². The Hall–Kier alpha value is -1.14. The Morgan fingerprint density at radius 1 is 1.44 bits per heavy atom. The van der Waals surface area contributed by atoms with Crippen molar-refractivity contribution < 1.29 is 19.4 Å². The van der Waals surface area contributed by atoms with Gasteiger partial charge in [0.15, 0.2) is 0 Å². The molecule has 2 aliphatic heterocycles. The predicted molar refractivity (Wildman–Crippen MR) is 55.0 cm³/mol. The van der Waals surface area contributed by atoms with Crippen LogP contribution in [0.2, 0.25) is 0 Å². The highest BCUT2D eigenvalue weighted by molar-refractivity contribution is 5.87. The van der Waals surface area contributed by atoms with Crippen LogP contribution in [0.5, 0.6) is 0 Å². The number of hydrogen-bond donors (Lipinski definition) is 2. The average molecular weight is 228 g/mol. The SMILES string of the molecule is O=C(O)[C@@H]1CCCN1C(=O)C1CNCCO1. The summed E-state index contributed by atoms with van der Waals surface area (Å²) in [5.41, 5.74) is 0. The molecule has 0 aromatic rings. The molecule has 2 rings (SSSR count). The number of ether oxygens (including phenoxy) is 1. The third-order valence-electron chi connectivity index (χ3n) is 3.02. The number of nitrogens with one attached hydrogen (secondary N) is 1. The van der Waals surface area contributed by atoms with E-state index in [4.69, 9.17) is 9.84 Å². The maximum absolute atomic E-state index is 12.0. The van der Waals surface area contributed by atoms with E-state index in [-0.39, 0.29) is 5.91 Å². The minimum absolute atomic E-state index is 0.197. The van der Waals surface area contributed by atoms with E-state index in [0.717, 1.165) is 13.0 Å². The van der Waals surface area contributed by atoms with E-state index < -0.39 is 18.1 Å². The maximum atomic E-state index is 12.0. The number of amides is 1. The molecule has 0 bridgehead atoms. The van der Waals surface area contributed by atoms with Crippen LogP contribution in [-0.4, -0.2) is 60.3 Å². The number of morpholine rings is 1. The number of carbonyl (C=O) groups excluding carboxylic acids is 1. The highest BCUT2D eigenvalue weighted by atomic mass is 16.5. The molecule has 0 aliphatic carbocycles. The number of aliphatic carboxylic acids is 1. The van der Waals surface area contributed by atoms with E-state index >= 15 is 0 Å². The normalized spacial score (nSPS) is 30.4. The topological polar surface area (TPSA) is 78.9 Å². The van der Waals surface area contributed by atoms with Gasteiger partial charge in [0, 0.05) is 19.6 Å². The lowest BCUT2D eigenvalue weighted by molar-refractivity contribution is -0.154. The summed E-state index contributed by atoms with van der Waals surface area (Å²) >= 11 is 0. The van der Waals surface area contributed by atoms with Crippen LogP contribution in [0, 0.1) is 0 Å². The highest BCUT2D eigenvalue weighted by Crippen LogP contribution is 2.19. The third kappa shape index (κ3) is 2.17. The Kier molecular flexibility index (Phi) is 3.40.